The van der Waals surface area contributed by atoms with Crippen LogP contribution in [-0.4, -0.2) is 4.98 Å². The number of nitrogens with one attached hydrogen (secondary N) is 2. The zero-order valence-corrected chi connectivity index (χ0v) is 12.2. The van der Waals surface area contributed by atoms with Gasteiger partial charge in [0.05, 0.1) is 0 Å². The first-order chi connectivity index (χ1) is 10.4. The number of aromatic nitrogens is 1. The number of aromatic amines is 1. The summed E-state index contributed by atoms with van der Waals surface area (Å²) >= 11 is 0. The lowest BCUT2D eigenvalue weighted by Crippen LogP contribution is -2.08. The largest absolute Gasteiger partial charge is 0.381 e. The predicted octanol–water partition coefficient (Wildman–Crippen LogP) is 4.66. The van der Waals surface area contributed by atoms with Gasteiger partial charge < -0.3 is 10.3 Å². The molecule has 1 aliphatic carbocycles. The highest BCUT2D eigenvalue weighted by Crippen LogP contribution is 2.28. The lowest BCUT2D eigenvalue weighted by Gasteiger charge is -2.20. The van der Waals surface area contributed by atoms with Crippen LogP contribution in [0, 0.1) is 0 Å². The van der Waals surface area contributed by atoms with Crippen molar-refractivity contribution in [1.82, 2.24) is 4.98 Å². The van der Waals surface area contributed by atoms with E-state index in [1.807, 2.05) is 6.20 Å². The summed E-state index contributed by atoms with van der Waals surface area (Å²) in [5.74, 6) is 0. The van der Waals surface area contributed by atoms with Gasteiger partial charge in [0.2, 0.25) is 0 Å². The second kappa shape index (κ2) is 5.28. The Bertz CT molecular complexity index is 770. The van der Waals surface area contributed by atoms with E-state index in [2.05, 4.69) is 52.8 Å². The molecule has 106 valence electrons. The number of hydrogen-bond acceptors (Lipinski definition) is 1. The van der Waals surface area contributed by atoms with Crippen molar-refractivity contribution in [3.8, 4) is 0 Å². The quantitative estimate of drug-likeness (QED) is 0.715. The monoisotopic (exact) mass is 276 g/mol. The normalized spacial score (nSPS) is 14.1. The minimum Gasteiger partial charge on any atom is -0.381 e. The van der Waals surface area contributed by atoms with Crippen molar-refractivity contribution in [2.75, 3.05) is 5.32 Å². The first-order valence-electron chi connectivity index (χ1n) is 7.81. The zero-order chi connectivity index (χ0) is 14.1. The Kier molecular flexibility index (Phi) is 3.15. The molecule has 0 fully saturated rings. The number of aryl methyl sites for hydroxylation is 1. The van der Waals surface area contributed by atoms with Crippen molar-refractivity contribution in [2.24, 2.45) is 0 Å². The summed E-state index contributed by atoms with van der Waals surface area (Å²) < 4.78 is 0. The van der Waals surface area contributed by atoms with E-state index in [0.717, 1.165) is 6.54 Å². The first-order valence-corrected chi connectivity index (χ1v) is 7.81. The second-order valence-corrected chi connectivity index (χ2v) is 5.86. The number of hydrogen-bond donors (Lipinski definition) is 2. The van der Waals surface area contributed by atoms with Gasteiger partial charge in [-0.2, -0.15) is 0 Å². The molecule has 0 atom stereocenters. The van der Waals surface area contributed by atoms with E-state index in [-0.39, 0.29) is 0 Å². The third-order valence-electron chi connectivity index (χ3n) is 4.55. The molecule has 0 bridgehead atoms. The highest BCUT2D eigenvalue weighted by molar-refractivity contribution is 5.83. The second-order valence-electron chi connectivity index (χ2n) is 5.86. The van der Waals surface area contributed by atoms with E-state index in [9.17, 15) is 0 Å². The molecule has 0 aliphatic heterocycles. The van der Waals surface area contributed by atoms with Crippen molar-refractivity contribution in [2.45, 2.75) is 32.2 Å². The summed E-state index contributed by atoms with van der Waals surface area (Å²) in [6, 6.07) is 15.3. The highest BCUT2D eigenvalue weighted by Gasteiger charge is 2.12. The zero-order valence-electron chi connectivity index (χ0n) is 12.2. The maximum Gasteiger partial charge on any atom is 0.0457 e. The fraction of sp³-hybridized carbons (Fsp3) is 0.263. The van der Waals surface area contributed by atoms with Gasteiger partial charge in [0.15, 0.2) is 0 Å². The number of H-pyrrole nitrogens is 1. The fourth-order valence-electron chi connectivity index (χ4n) is 3.44. The van der Waals surface area contributed by atoms with E-state index >= 15 is 0 Å². The van der Waals surface area contributed by atoms with Crippen LogP contribution in [0.15, 0.2) is 48.7 Å². The molecular formula is C19H20N2. The Labute approximate surface area is 125 Å². The third-order valence-corrected chi connectivity index (χ3v) is 4.55. The van der Waals surface area contributed by atoms with E-state index in [0.29, 0.717) is 0 Å². The van der Waals surface area contributed by atoms with Gasteiger partial charge in [-0.15, -0.1) is 0 Å². The molecule has 0 amide bonds. The van der Waals surface area contributed by atoms with Crippen LogP contribution < -0.4 is 5.32 Å². The molecular weight excluding hydrogens is 256 g/mol. The van der Waals surface area contributed by atoms with Gasteiger partial charge in [0, 0.05) is 29.3 Å². The number of fused-ring (bicyclic) bond motifs is 2. The maximum absolute atomic E-state index is 3.66. The average molecular weight is 276 g/mol. The lowest BCUT2D eigenvalue weighted by molar-refractivity contribution is 0.686. The fourth-order valence-corrected chi connectivity index (χ4v) is 3.44. The van der Waals surface area contributed by atoms with Gasteiger partial charge in [0.1, 0.15) is 0 Å². The summed E-state index contributed by atoms with van der Waals surface area (Å²) in [6.07, 6.45) is 7.11. The molecule has 4 rings (SSSR count). The SMILES string of the molecule is c1cc2c(c(NCc3cccc4[nH]ccc34)c1)CCCC2. The summed E-state index contributed by atoms with van der Waals surface area (Å²) in [5, 5.41) is 4.97. The van der Waals surface area contributed by atoms with Crippen LogP contribution in [0.4, 0.5) is 5.69 Å². The molecule has 1 aliphatic rings. The van der Waals surface area contributed by atoms with Crippen LogP contribution in [-0.2, 0) is 19.4 Å². The van der Waals surface area contributed by atoms with E-state index in [4.69, 9.17) is 0 Å². The van der Waals surface area contributed by atoms with Gasteiger partial charge in [-0.1, -0.05) is 24.3 Å². The molecule has 0 spiro atoms. The Morgan fingerprint density at radius 3 is 2.86 bits per heavy atom. The topological polar surface area (TPSA) is 27.8 Å². The summed E-state index contributed by atoms with van der Waals surface area (Å²) in [7, 11) is 0. The van der Waals surface area contributed by atoms with E-state index in [1.165, 1.54) is 59.0 Å². The molecule has 0 saturated carbocycles. The molecule has 0 radical (unpaired) electrons. The van der Waals surface area contributed by atoms with Crippen LogP contribution in [0.5, 0.6) is 0 Å². The first kappa shape index (κ1) is 12.5. The molecule has 3 aromatic rings. The van der Waals surface area contributed by atoms with Crippen molar-refractivity contribution < 1.29 is 0 Å². The summed E-state index contributed by atoms with van der Waals surface area (Å²) in [4.78, 5) is 3.28. The van der Waals surface area contributed by atoms with Crippen molar-refractivity contribution >= 4 is 16.6 Å². The standard InChI is InChI=1S/C19H20N2/c1-2-8-16-14(5-1)6-3-10-19(16)21-13-15-7-4-9-18-17(15)11-12-20-18/h3-4,6-7,9-12,20-21H,1-2,5,8,13H2. The van der Waals surface area contributed by atoms with E-state index < -0.39 is 0 Å². The van der Waals surface area contributed by atoms with Crippen molar-refractivity contribution in [3.63, 3.8) is 0 Å². The Morgan fingerprint density at radius 2 is 1.86 bits per heavy atom. The molecule has 21 heavy (non-hydrogen) atoms. The molecule has 0 unspecified atom stereocenters. The summed E-state index contributed by atoms with van der Waals surface area (Å²) in [6.45, 7) is 0.881. The number of benzene rings is 2. The Morgan fingerprint density at radius 1 is 0.952 bits per heavy atom. The Balaban J connectivity index is 1.61. The van der Waals surface area contributed by atoms with Gasteiger partial charge in [0.25, 0.3) is 0 Å². The molecule has 1 heterocycles. The molecule has 2 aromatic carbocycles. The number of rotatable bonds is 3. The molecule has 2 nitrogen and oxygen atoms in total. The molecule has 2 heteroatoms. The summed E-state index contributed by atoms with van der Waals surface area (Å²) in [5.41, 5.74) is 6.95. The Hall–Kier alpha value is -2.22. The average Bonchev–Trinajstić information content (AvgIpc) is 3.02. The van der Waals surface area contributed by atoms with Crippen LogP contribution >= 0.6 is 0 Å². The van der Waals surface area contributed by atoms with Gasteiger partial charge in [-0.05, 0) is 60.6 Å². The smallest absolute Gasteiger partial charge is 0.0457 e. The van der Waals surface area contributed by atoms with Crippen LogP contribution in [0.25, 0.3) is 10.9 Å². The molecule has 0 saturated heterocycles. The van der Waals surface area contributed by atoms with Gasteiger partial charge in [-0.3, -0.25) is 0 Å². The van der Waals surface area contributed by atoms with Gasteiger partial charge >= 0.3 is 0 Å². The highest BCUT2D eigenvalue weighted by atomic mass is 14.9. The minimum atomic E-state index is 0.881. The van der Waals surface area contributed by atoms with E-state index in [1.54, 1.807) is 0 Å². The van der Waals surface area contributed by atoms with Crippen LogP contribution in [0.3, 0.4) is 0 Å². The number of anilines is 1. The van der Waals surface area contributed by atoms with Crippen LogP contribution in [0.1, 0.15) is 29.5 Å². The molecule has 2 N–H and O–H groups in total. The van der Waals surface area contributed by atoms with Crippen molar-refractivity contribution in [1.29, 1.82) is 0 Å². The van der Waals surface area contributed by atoms with Crippen LogP contribution in [0.2, 0.25) is 0 Å². The third kappa shape index (κ3) is 2.31. The minimum absolute atomic E-state index is 0.881. The van der Waals surface area contributed by atoms with Crippen molar-refractivity contribution in [3.05, 3.63) is 65.4 Å². The maximum atomic E-state index is 3.66. The van der Waals surface area contributed by atoms with Gasteiger partial charge in [-0.25, -0.2) is 0 Å². The molecule has 1 aromatic heterocycles. The lowest BCUT2D eigenvalue weighted by atomic mass is 9.90. The predicted molar refractivity (Wildman–Crippen MR) is 88.7 cm³/mol.